The normalized spacial score (nSPS) is 10.9. The van der Waals surface area contributed by atoms with Crippen molar-refractivity contribution >= 4 is 27.7 Å². The van der Waals surface area contributed by atoms with Gasteiger partial charge in [0.15, 0.2) is 5.78 Å². The molecule has 98 valence electrons. The molecular weight excluding hydrogens is 300 g/mol. The first-order valence-electron chi connectivity index (χ1n) is 5.31. The Bertz CT molecular complexity index is 480. The molecule has 0 aromatic heterocycles. The van der Waals surface area contributed by atoms with Crippen molar-refractivity contribution in [1.29, 1.82) is 0 Å². The lowest BCUT2D eigenvalue weighted by atomic mass is 9.84. The summed E-state index contributed by atoms with van der Waals surface area (Å²) in [5, 5.41) is 0. The Hall–Kier alpha value is -1.36. The van der Waals surface area contributed by atoms with Gasteiger partial charge in [0.2, 0.25) is 0 Å². The van der Waals surface area contributed by atoms with Crippen LogP contribution < -0.4 is 4.74 Å². The zero-order chi connectivity index (χ0) is 13.9. The van der Waals surface area contributed by atoms with Crippen LogP contribution >= 0.6 is 15.9 Å². The molecule has 18 heavy (non-hydrogen) atoms. The predicted molar refractivity (Wildman–Crippen MR) is 70.8 cm³/mol. The van der Waals surface area contributed by atoms with E-state index in [1.54, 1.807) is 39.2 Å². The number of ether oxygens (including phenoxy) is 2. The second-order valence-electron chi connectivity index (χ2n) is 4.30. The third-order valence-electron chi connectivity index (χ3n) is 2.68. The summed E-state index contributed by atoms with van der Waals surface area (Å²) < 4.78 is 10.4. The molecule has 1 aromatic carbocycles. The van der Waals surface area contributed by atoms with Gasteiger partial charge >= 0.3 is 5.97 Å². The highest BCUT2D eigenvalue weighted by Gasteiger charge is 2.37. The molecule has 0 fully saturated rings. The number of rotatable bonds is 4. The van der Waals surface area contributed by atoms with Crippen LogP contribution in [0.15, 0.2) is 22.7 Å². The van der Waals surface area contributed by atoms with Gasteiger partial charge in [-0.2, -0.15) is 0 Å². The Balaban J connectivity index is 3.12. The van der Waals surface area contributed by atoms with Crippen LogP contribution in [0.1, 0.15) is 24.2 Å². The van der Waals surface area contributed by atoms with Crippen LogP contribution in [0.4, 0.5) is 0 Å². The molecule has 0 heterocycles. The average Bonchev–Trinajstić information content (AvgIpc) is 2.36. The van der Waals surface area contributed by atoms with E-state index in [1.807, 2.05) is 0 Å². The minimum absolute atomic E-state index is 0.294. The second-order valence-corrected chi connectivity index (χ2v) is 5.15. The van der Waals surface area contributed by atoms with Crippen molar-refractivity contribution in [3.63, 3.8) is 0 Å². The zero-order valence-electron chi connectivity index (χ0n) is 10.7. The fourth-order valence-corrected chi connectivity index (χ4v) is 2.06. The summed E-state index contributed by atoms with van der Waals surface area (Å²) in [4.78, 5) is 23.8. The van der Waals surface area contributed by atoms with E-state index in [9.17, 15) is 9.59 Å². The van der Waals surface area contributed by atoms with Gasteiger partial charge in [0, 0.05) is 5.56 Å². The van der Waals surface area contributed by atoms with E-state index in [2.05, 4.69) is 20.7 Å². The average molecular weight is 315 g/mol. The van der Waals surface area contributed by atoms with Crippen molar-refractivity contribution in [2.45, 2.75) is 13.8 Å². The maximum atomic E-state index is 12.3. The molecule has 0 spiro atoms. The molecule has 0 aliphatic heterocycles. The van der Waals surface area contributed by atoms with Crippen molar-refractivity contribution in [2.75, 3.05) is 14.2 Å². The number of hydrogen-bond donors (Lipinski definition) is 0. The molecule has 0 radical (unpaired) electrons. The van der Waals surface area contributed by atoms with Gasteiger partial charge in [-0.1, -0.05) is 0 Å². The first-order valence-corrected chi connectivity index (χ1v) is 6.10. The molecular formula is C13H15BrO4. The molecule has 0 amide bonds. The summed E-state index contributed by atoms with van der Waals surface area (Å²) in [6, 6.07) is 4.92. The number of benzene rings is 1. The van der Waals surface area contributed by atoms with Crippen LogP contribution in [-0.2, 0) is 9.53 Å². The molecule has 0 unspecified atom stereocenters. The molecule has 4 nitrogen and oxygen atoms in total. The number of ketones is 1. The lowest BCUT2D eigenvalue weighted by Gasteiger charge is -2.20. The van der Waals surface area contributed by atoms with Crippen LogP contribution in [0.3, 0.4) is 0 Å². The summed E-state index contributed by atoms with van der Waals surface area (Å²) in [6.45, 7) is 3.08. The molecule has 5 heteroatoms. The molecule has 0 bridgehead atoms. The van der Waals surface area contributed by atoms with E-state index in [0.29, 0.717) is 15.8 Å². The van der Waals surface area contributed by atoms with Gasteiger partial charge in [-0.25, -0.2) is 0 Å². The standard InChI is InChI=1S/C13H15BrO4/c1-13(2,12(16)18-4)11(15)8-5-6-10(17-3)9(14)7-8/h5-7H,1-4H3. The number of Topliss-reactive ketones (excluding diaryl/α,β-unsaturated/α-hetero) is 1. The topological polar surface area (TPSA) is 52.6 Å². The molecule has 1 aromatic rings. The fraction of sp³-hybridized carbons (Fsp3) is 0.385. The Labute approximate surface area is 114 Å². The number of hydrogen-bond acceptors (Lipinski definition) is 4. The maximum absolute atomic E-state index is 12.3. The van der Waals surface area contributed by atoms with Crippen LogP contribution in [0, 0.1) is 5.41 Å². The highest BCUT2D eigenvalue weighted by atomic mass is 79.9. The predicted octanol–water partition coefficient (Wildman–Crippen LogP) is 2.84. The largest absolute Gasteiger partial charge is 0.496 e. The van der Waals surface area contributed by atoms with Crippen LogP contribution in [0.2, 0.25) is 0 Å². The van der Waals surface area contributed by atoms with Gasteiger partial charge in [-0.15, -0.1) is 0 Å². The maximum Gasteiger partial charge on any atom is 0.319 e. The Morgan fingerprint density at radius 3 is 2.28 bits per heavy atom. The number of carbonyl (C=O) groups excluding carboxylic acids is 2. The van der Waals surface area contributed by atoms with E-state index in [-0.39, 0.29) is 5.78 Å². The second kappa shape index (κ2) is 5.52. The highest BCUT2D eigenvalue weighted by molar-refractivity contribution is 9.10. The van der Waals surface area contributed by atoms with Crippen LogP contribution in [0.25, 0.3) is 0 Å². The van der Waals surface area contributed by atoms with E-state index >= 15 is 0 Å². The van der Waals surface area contributed by atoms with Gasteiger partial charge < -0.3 is 9.47 Å². The SMILES string of the molecule is COC(=O)C(C)(C)C(=O)c1ccc(OC)c(Br)c1. The molecule has 0 saturated heterocycles. The van der Waals surface area contributed by atoms with Gasteiger partial charge in [0.1, 0.15) is 11.2 Å². The first kappa shape index (κ1) is 14.7. The summed E-state index contributed by atoms with van der Waals surface area (Å²) in [5.41, 5.74) is -0.777. The monoisotopic (exact) mass is 314 g/mol. The lowest BCUT2D eigenvalue weighted by molar-refractivity contribution is -0.147. The van der Waals surface area contributed by atoms with E-state index in [4.69, 9.17) is 4.74 Å². The number of carbonyl (C=O) groups is 2. The minimum atomic E-state index is -1.21. The summed E-state index contributed by atoms with van der Waals surface area (Å²) in [6.07, 6.45) is 0. The number of methoxy groups -OCH3 is 2. The third kappa shape index (κ3) is 2.72. The van der Waals surface area contributed by atoms with Gasteiger partial charge in [0.05, 0.1) is 18.7 Å². The summed E-state index contributed by atoms with van der Waals surface area (Å²) >= 11 is 3.30. The lowest BCUT2D eigenvalue weighted by Crippen LogP contribution is -2.34. The molecule has 0 aliphatic carbocycles. The molecule has 0 N–H and O–H groups in total. The quantitative estimate of drug-likeness (QED) is 0.487. The van der Waals surface area contributed by atoms with Crippen molar-refractivity contribution in [2.24, 2.45) is 5.41 Å². The fourth-order valence-electron chi connectivity index (χ4n) is 1.52. The summed E-state index contributed by atoms with van der Waals surface area (Å²) in [5.74, 6) is -0.223. The first-order chi connectivity index (χ1) is 8.34. The minimum Gasteiger partial charge on any atom is -0.496 e. The Morgan fingerprint density at radius 2 is 1.83 bits per heavy atom. The van der Waals surface area contributed by atoms with E-state index in [0.717, 1.165) is 0 Å². The molecule has 0 atom stereocenters. The van der Waals surface area contributed by atoms with Crippen molar-refractivity contribution in [3.8, 4) is 5.75 Å². The van der Waals surface area contributed by atoms with Crippen molar-refractivity contribution < 1.29 is 19.1 Å². The molecule has 0 aliphatic rings. The van der Waals surface area contributed by atoms with Crippen LogP contribution in [-0.4, -0.2) is 26.0 Å². The van der Waals surface area contributed by atoms with E-state index < -0.39 is 11.4 Å². The highest BCUT2D eigenvalue weighted by Crippen LogP contribution is 2.29. The third-order valence-corrected chi connectivity index (χ3v) is 3.30. The van der Waals surface area contributed by atoms with Crippen LogP contribution in [0.5, 0.6) is 5.75 Å². The number of esters is 1. The zero-order valence-corrected chi connectivity index (χ0v) is 12.3. The molecule has 0 saturated carbocycles. The van der Waals surface area contributed by atoms with E-state index in [1.165, 1.54) is 7.11 Å². The summed E-state index contributed by atoms with van der Waals surface area (Å²) in [7, 11) is 2.81. The van der Waals surface area contributed by atoms with Crippen molar-refractivity contribution in [3.05, 3.63) is 28.2 Å². The van der Waals surface area contributed by atoms with Gasteiger partial charge in [-0.3, -0.25) is 9.59 Å². The Morgan fingerprint density at radius 1 is 1.22 bits per heavy atom. The van der Waals surface area contributed by atoms with Crippen molar-refractivity contribution in [1.82, 2.24) is 0 Å². The Kier molecular flexibility index (Phi) is 4.51. The smallest absolute Gasteiger partial charge is 0.319 e. The molecule has 1 rings (SSSR count). The number of halogens is 1. The van der Waals surface area contributed by atoms with Gasteiger partial charge in [0.25, 0.3) is 0 Å². The van der Waals surface area contributed by atoms with Gasteiger partial charge in [-0.05, 0) is 48.0 Å².